The molecule has 4 heteroatoms. The van der Waals surface area contributed by atoms with Crippen LogP contribution in [0.3, 0.4) is 0 Å². The highest BCUT2D eigenvalue weighted by Crippen LogP contribution is 2.23. The Hall–Kier alpha value is -1.71. The molecule has 1 rings (SSSR count). The van der Waals surface area contributed by atoms with Gasteiger partial charge >= 0.3 is 0 Å². The molecule has 1 aromatic rings. The van der Waals surface area contributed by atoms with Crippen LogP contribution < -0.4 is 14.8 Å². The van der Waals surface area contributed by atoms with Crippen molar-refractivity contribution in [3.05, 3.63) is 23.8 Å². The Labute approximate surface area is 115 Å². The van der Waals surface area contributed by atoms with Crippen molar-refractivity contribution in [3.63, 3.8) is 0 Å². The van der Waals surface area contributed by atoms with Crippen molar-refractivity contribution < 1.29 is 14.3 Å². The SMILES string of the molecule is COc1cc(CCC(=O)NC(C)(C)C)cc(OC)c1. The monoisotopic (exact) mass is 265 g/mol. The van der Waals surface area contributed by atoms with Gasteiger partial charge in [-0.15, -0.1) is 0 Å². The van der Waals surface area contributed by atoms with Crippen LogP contribution in [-0.4, -0.2) is 25.7 Å². The number of nitrogens with one attached hydrogen (secondary N) is 1. The van der Waals surface area contributed by atoms with E-state index in [9.17, 15) is 4.79 Å². The maximum absolute atomic E-state index is 11.8. The van der Waals surface area contributed by atoms with Gasteiger partial charge in [-0.25, -0.2) is 0 Å². The number of ether oxygens (including phenoxy) is 2. The number of aryl methyl sites for hydroxylation is 1. The number of hydrogen-bond acceptors (Lipinski definition) is 3. The molecule has 0 bridgehead atoms. The molecule has 0 unspecified atom stereocenters. The van der Waals surface area contributed by atoms with Gasteiger partial charge in [-0.05, 0) is 44.9 Å². The molecule has 0 heterocycles. The van der Waals surface area contributed by atoms with Crippen LogP contribution in [0.1, 0.15) is 32.8 Å². The van der Waals surface area contributed by atoms with E-state index in [1.54, 1.807) is 14.2 Å². The topological polar surface area (TPSA) is 47.6 Å². The lowest BCUT2D eigenvalue weighted by Gasteiger charge is -2.20. The van der Waals surface area contributed by atoms with Crippen molar-refractivity contribution in [2.45, 2.75) is 39.2 Å². The second-order valence-electron chi connectivity index (χ2n) is 5.52. The molecule has 1 N–H and O–H groups in total. The number of methoxy groups -OCH3 is 2. The molecular formula is C15H23NO3. The summed E-state index contributed by atoms with van der Waals surface area (Å²) in [6.07, 6.45) is 1.11. The second-order valence-corrected chi connectivity index (χ2v) is 5.52. The number of benzene rings is 1. The first kappa shape index (κ1) is 15.3. The first-order chi connectivity index (χ1) is 8.84. The Bertz CT molecular complexity index is 413. The lowest BCUT2D eigenvalue weighted by molar-refractivity contribution is -0.122. The summed E-state index contributed by atoms with van der Waals surface area (Å²) in [4.78, 5) is 11.8. The molecule has 4 nitrogen and oxygen atoms in total. The molecule has 0 saturated carbocycles. The first-order valence-corrected chi connectivity index (χ1v) is 6.37. The maximum Gasteiger partial charge on any atom is 0.220 e. The molecule has 0 atom stereocenters. The molecule has 0 saturated heterocycles. The van der Waals surface area contributed by atoms with Gasteiger partial charge < -0.3 is 14.8 Å². The van der Waals surface area contributed by atoms with Gasteiger partial charge in [0, 0.05) is 18.0 Å². The number of amides is 1. The van der Waals surface area contributed by atoms with E-state index in [0.29, 0.717) is 12.8 Å². The third-order valence-corrected chi connectivity index (χ3v) is 2.57. The van der Waals surface area contributed by atoms with Gasteiger partial charge in [0.2, 0.25) is 5.91 Å². The van der Waals surface area contributed by atoms with Crippen molar-refractivity contribution in [2.75, 3.05) is 14.2 Å². The smallest absolute Gasteiger partial charge is 0.220 e. The zero-order valence-corrected chi connectivity index (χ0v) is 12.4. The van der Waals surface area contributed by atoms with Crippen LogP contribution in [0.5, 0.6) is 11.5 Å². The van der Waals surface area contributed by atoms with Crippen LogP contribution in [0.25, 0.3) is 0 Å². The fourth-order valence-corrected chi connectivity index (χ4v) is 1.75. The predicted octanol–water partition coefficient (Wildman–Crippen LogP) is 2.55. The van der Waals surface area contributed by atoms with E-state index in [1.165, 1.54) is 0 Å². The second kappa shape index (κ2) is 6.45. The molecule has 0 fully saturated rings. The highest BCUT2D eigenvalue weighted by Gasteiger charge is 2.13. The average molecular weight is 265 g/mol. The number of carbonyl (C=O) groups is 1. The van der Waals surface area contributed by atoms with Gasteiger partial charge in [0.15, 0.2) is 0 Å². The quantitative estimate of drug-likeness (QED) is 0.890. The van der Waals surface area contributed by atoms with Crippen LogP contribution in [-0.2, 0) is 11.2 Å². The minimum atomic E-state index is -0.191. The fourth-order valence-electron chi connectivity index (χ4n) is 1.75. The summed E-state index contributed by atoms with van der Waals surface area (Å²) in [5, 5.41) is 2.95. The fraction of sp³-hybridized carbons (Fsp3) is 0.533. The molecule has 0 aromatic heterocycles. The summed E-state index contributed by atoms with van der Waals surface area (Å²) in [7, 11) is 3.23. The summed E-state index contributed by atoms with van der Waals surface area (Å²) >= 11 is 0. The molecule has 0 radical (unpaired) electrons. The van der Waals surface area contributed by atoms with Crippen molar-refractivity contribution in [1.82, 2.24) is 5.32 Å². The largest absolute Gasteiger partial charge is 0.497 e. The molecule has 0 aliphatic rings. The molecular weight excluding hydrogens is 242 g/mol. The Morgan fingerprint density at radius 3 is 2.05 bits per heavy atom. The Morgan fingerprint density at radius 1 is 1.11 bits per heavy atom. The van der Waals surface area contributed by atoms with Crippen LogP contribution >= 0.6 is 0 Å². The Kier molecular flexibility index (Phi) is 5.21. The zero-order valence-electron chi connectivity index (χ0n) is 12.4. The van der Waals surface area contributed by atoms with E-state index in [2.05, 4.69) is 5.32 Å². The van der Waals surface area contributed by atoms with Crippen molar-refractivity contribution in [3.8, 4) is 11.5 Å². The maximum atomic E-state index is 11.8. The third-order valence-electron chi connectivity index (χ3n) is 2.57. The van der Waals surface area contributed by atoms with Crippen LogP contribution in [0, 0.1) is 0 Å². The van der Waals surface area contributed by atoms with E-state index in [4.69, 9.17) is 9.47 Å². The first-order valence-electron chi connectivity index (χ1n) is 6.37. The number of carbonyl (C=O) groups excluding carboxylic acids is 1. The summed E-state index contributed by atoms with van der Waals surface area (Å²) < 4.78 is 10.4. The van der Waals surface area contributed by atoms with E-state index in [-0.39, 0.29) is 11.4 Å². The average Bonchev–Trinajstić information content (AvgIpc) is 2.33. The van der Waals surface area contributed by atoms with E-state index < -0.39 is 0 Å². The van der Waals surface area contributed by atoms with Crippen molar-refractivity contribution >= 4 is 5.91 Å². The molecule has 0 aliphatic heterocycles. The van der Waals surface area contributed by atoms with Crippen molar-refractivity contribution in [1.29, 1.82) is 0 Å². The molecule has 1 amide bonds. The molecule has 1 aromatic carbocycles. The normalized spacial score (nSPS) is 11.0. The van der Waals surface area contributed by atoms with Crippen LogP contribution in [0.4, 0.5) is 0 Å². The summed E-state index contributed by atoms with van der Waals surface area (Å²) in [6.45, 7) is 5.92. The van der Waals surface area contributed by atoms with Crippen molar-refractivity contribution in [2.24, 2.45) is 0 Å². The summed E-state index contributed by atoms with van der Waals surface area (Å²) in [5.74, 6) is 1.53. The van der Waals surface area contributed by atoms with Crippen LogP contribution in [0.2, 0.25) is 0 Å². The summed E-state index contributed by atoms with van der Waals surface area (Å²) in [6, 6.07) is 5.67. The minimum absolute atomic E-state index is 0.0503. The van der Waals surface area contributed by atoms with E-state index in [0.717, 1.165) is 17.1 Å². The van der Waals surface area contributed by atoms with Gasteiger partial charge in [0.1, 0.15) is 11.5 Å². The Morgan fingerprint density at radius 2 is 1.63 bits per heavy atom. The lowest BCUT2D eigenvalue weighted by Crippen LogP contribution is -2.40. The summed E-state index contributed by atoms with van der Waals surface area (Å²) in [5.41, 5.74) is 0.837. The van der Waals surface area contributed by atoms with E-state index in [1.807, 2.05) is 39.0 Å². The van der Waals surface area contributed by atoms with Crippen LogP contribution in [0.15, 0.2) is 18.2 Å². The minimum Gasteiger partial charge on any atom is -0.497 e. The highest BCUT2D eigenvalue weighted by atomic mass is 16.5. The lowest BCUT2D eigenvalue weighted by atomic mass is 10.1. The predicted molar refractivity (Wildman–Crippen MR) is 75.8 cm³/mol. The number of rotatable bonds is 5. The molecule has 0 aliphatic carbocycles. The third kappa shape index (κ3) is 5.64. The molecule has 106 valence electrons. The standard InChI is InChI=1S/C15H23NO3/c1-15(2,3)16-14(17)7-6-11-8-12(18-4)10-13(9-11)19-5/h8-10H,6-7H2,1-5H3,(H,16,17). The van der Waals surface area contributed by atoms with Gasteiger partial charge in [0.25, 0.3) is 0 Å². The number of hydrogen-bond donors (Lipinski definition) is 1. The highest BCUT2D eigenvalue weighted by molar-refractivity contribution is 5.76. The molecule has 0 spiro atoms. The van der Waals surface area contributed by atoms with Gasteiger partial charge in [-0.2, -0.15) is 0 Å². The Balaban J connectivity index is 2.64. The molecule has 19 heavy (non-hydrogen) atoms. The van der Waals surface area contributed by atoms with Gasteiger partial charge in [-0.1, -0.05) is 0 Å². The van der Waals surface area contributed by atoms with Gasteiger partial charge in [-0.3, -0.25) is 4.79 Å². The van der Waals surface area contributed by atoms with Gasteiger partial charge in [0.05, 0.1) is 14.2 Å². The zero-order chi connectivity index (χ0) is 14.5. The van der Waals surface area contributed by atoms with E-state index >= 15 is 0 Å².